The van der Waals surface area contributed by atoms with Crippen molar-refractivity contribution in [2.75, 3.05) is 11.9 Å². The second-order valence-corrected chi connectivity index (χ2v) is 8.54. The molecular weight excluding hydrogens is 476 g/mol. The number of carbonyl (C=O) groups excluding carboxylic acids is 1. The molecular formula is C24H25F2N5O5. The quantitative estimate of drug-likeness (QED) is 0.407. The highest BCUT2D eigenvalue weighted by Gasteiger charge is 2.29. The van der Waals surface area contributed by atoms with Gasteiger partial charge in [0.2, 0.25) is 0 Å². The summed E-state index contributed by atoms with van der Waals surface area (Å²) in [4.78, 5) is 34.1. The molecule has 0 spiro atoms. The maximum absolute atomic E-state index is 13.9. The molecule has 2 aromatic heterocycles. The minimum absolute atomic E-state index is 0.0911. The van der Waals surface area contributed by atoms with Crippen LogP contribution < -0.4 is 15.6 Å². The zero-order chi connectivity index (χ0) is 25.7. The van der Waals surface area contributed by atoms with Gasteiger partial charge in [-0.15, -0.1) is 0 Å². The van der Waals surface area contributed by atoms with Gasteiger partial charge in [0.05, 0.1) is 30.9 Å². The number of hydrogen-bond donors (Lipinski definition) is 3. The molecule has 2 atom stereocenters. The molecule has 0 aliphatic heterocycles. The van der Waals surface area contributed by atoms with Crippen molar-refractivity contribution in [1.82, 2.24) is 19.7 Å². The van der Waals surface area contributed by atoms with E-state index in [1.807, 2.05) is 0 Å². The first-order valence-corrected chi connectivity index (χ1v) is 11.5. The van der Waals surface area contributed by atoms with Gasteiger partial charge < -0.3 is 20.3 Å². The highest BCUT2D eigenvalue weighted by atomic mass is 19.1. The lowest BCUT2D eigenvalue weighted by atomic mass is 9.98. The molecule has 1 aliphatic rings. The van der Waals surface area contributed by atoms with E-state index < -0.39 is 47.6 Å². The number of carbonyl (C=O) groups is 1. The Morgan fingerprint density at radius 3 is 2.50 bits per heavy atom. The number of benzene rings is 1. The Labute approximate surface area is 204 Å². The van der Waals surface area contributed by atoms with Crippen molar-refractivity contribution in [2.45, 2.75) is 44.2 Å². The van der Waals surface area contributed by atoms with Crippen LogP contribution in [0.5, 0.6) is 11.5 Å². The number of aliphatic hydroxyl groups excluding tert-OH is 2. The normalized spacial score (nSPS) is 15.4. The number of aromatic nitrogens is 4. The molecule has 4 rings (SSSR count). The molecule has 2 heterocycles. The first-order valence-electron chi connectivity index (χ1n) is 11.5. The van der Waals surface area contributed by atoms with Gasteiger partial charge in [0.15, 0.2) is 29.0 Å². The van der Waals surface area contributed by atoms with Crippen molar-refractivity contribution in [3.8, 4) is 11.5 Å². The van der Waals surface area contributed by atoms with Gasteiger partial charge in [-0.25, -0.2) is 18.4 Å². The lowest BCUT2D eigenvalue weighted by Crippen LogP contribution is -2.36. The highest BCUT2D eigenvalue weighted by Crippen LogP contribution is 2.32. The Balaban J connectivity index is 1.57. The first-order chi connectivity index (χ1) is 17.4. The summed E-state index contributed by atoms with van der Waals surface area (Å²) in [7, 11) is 0. The molecule has 3 aromatic rings. The fourth-order valence-electron chi connectivity index (χ4n) is 4.15. The van der Waals surface area contributed by atoms with Crippen LogP contribution in [-0.2, 0) is 4.79 Å². The summed E-state index contributed by atoms with van der Waals surface area (Å²) in [5, 5.41) is 25.3. The van der Waals surface area contributed by atoms with E-state index in [1.165, 1.54) is 18.5 Å². The van der Waals surface area contributed by atoms with Crippen LogP contribution in [0.3, 0.4) is 0 Å². The van der Waals surface area contributed by atoms with Gasteiger partial charge in [-0.1, -0.05) is 31.7 Å². The van der Waals surface area contributed by atoms with Crippen molar-refractivity contribution < 1.29 is 28.5 Å². The van der Waals surface area contributed by atoms with Gasteiger partial charge in [0.1, 0.15) is 12.1 Å². The maximum Gasteiger partial charge on any atom is 0.271 e. The molecule has 1 amide bonds. The fraction of sp³-hybridized carbons (Fsp3) is 0.375. The van der Waals surface area contributed by atoms with Crippen LogP contribution in [0, 0.1) is 17.6 Å². The molecule has 0 bridgehead atoms. The highest BCUT2D eigenvalue weighted by molar-refractivity contribution is 5.92. The fourth-order valence-corrected chi connectivity index (χ4v) is 4.15. The number of para-hydroxylation sites is 1. The number of halogens is 2. The molecule has 1 fully saturated rings. The summed E-state index contributed by atoms with van der Waals surface area (Å²) in [6.07, 6.45) is 6.63. The zero-order valence-electron chi connectivity index (χ0n) is 19.2. The molecule has 12 heteroatoms. The summed E-state index contributed by atoms with van der Waals surface area (Å²) in [5.41, 5.74) is -0.548. The van der Waals surface area contributed by atoms with Crippen molar-refractivity contribution in [3.05, 3.63) is 70.5 Å². The van der Waals surface area contributed by atoms with Gasteiger partial charge in [0, 0.05) is 6.07 Å². The van der Waals surface area contributed by atoms with E-state index in [0.29, 0.717) is 6.42 Å². The van der Waals surface area contributed by atoms with E-state index in [1.54, 1.807) is 0 Å². The third-order valence-corrected chi connectivity index (χ3v) is 6.01. The summed E-state index contributed by atoms with van der Waals surface area (Å²) in [5.74, 6) is -2.95. The maximum atomic E-state index is 13.9. The Kier molecular flexibility index (Phi) is 7.96. The van der Waals surface area contributed by atoms with Gasteiger partial charge in [-0.3, -0.25) is 14.6 Å². The van der Waals surface area contributed by atoms with Crippen LogP contribution in [0.2, 0.25) is 0 Å². The second-order valence-electron chi connectivity index (χ2n) is 8.54. The van der Waals surface area contributed by atoms with Crippen LogP contribution in [0.1, 0.15) is 49.9 Å². The van der Waals surface area contributed by atoms with E-state index in [9.17, 15) is 23.5 Å². The van der Waals surface area contributed by atoms with Gasteiger partial charge >= 0.3 is 0 Å². The summed E-state index contributed by atoms with van der Waals surface area (Å²) < 4.78 is 34.0. The van der Waals surface area contributed by atoms with Crippen molar-refractivity contribution in [2.24, 2.45) is 5.92 Å². The molecule has 190 valence electrons. The van der Waals surface area contributed by atoms with Crippen molar-refractivity contribution in [1.29, 1.82) is 0 Å². The van der Waals surface area contributed by atoms with Crippen LogP contribution >= 0.6 is 0 Å². The number of hydrogen-bond acceptors (Lipinski definition) is 8. The summed E-state index contributed by atoms with van der Waals surface area (Å²) in [6, 6.07) is 3.26. The lowest BCUT2D eigenvalue weighted by molar-refractivity contribution is -0.120. The SMILES string of the molecule is O=C(Nc1cnc(C(O)CO)cn1)C(CC1CCCC1)n1ncc(Oc2c(F)cccc2F)cc1=O. The summed E-state index contributed by atoms with van der Waals surface area (Å²) >= 11 is 0. The first kappa shape index (κ1) is 25.3. The van der Waals surface area contributed by atoms with E-state index >= 15 is 0 Å². The van der Waals surface area contributed by atoms with Gasteiger partial charge in [-0.05, 0) is 24.5 Å². The molecule has 2 unspecified atom stereocenters. The Hall–Kier alpha value is -3.77. The van der Waals surface area contributed by atoms with Crippen molar-refractivity contribution >= 4 is 11.7 Å². The van der Waals surface area contributed by atoms with Crippen LogP contribution in [-0.4, -0.2) is 42.5 Å². The molecule has 1 aromatic carbocycles. The molecule has 36 heavy (non-hydrogen) atoms. The van der Waals surface area contributed by atoms with E-state index in [4.69, 9.17) is 9.84 Å². The Morgan fingerprint density at radius 1 is 1.17 bits per heavy atom. The van der Waals surface area contributed by atoms with E-state index in [-0.39, 0.29) is 23.2 Å². The van der Waals surface area contributed by atoms with Crippen LogP contribution in [0.4, 0.5) is 14.6 Å². The molecule has 3 N–H and O–H groups in total. The average Bonchev–Trinajstić information content (AvgIpc) is 3.38. The number of nitrogens with one attached hydrogen (secondary N) is 1. The monoisotopic (exact) mass is 501 g/mol. The van der Waals surface area contributed by atoms with Crippen LogP contribution in [0.25, 0.3) is 0 Å². The predicted octanol–water partition coefficient (Wildman–Crippen LogP) is 2.89. The number of rotatable bonds is 9. The van der Waals surface area contributed by atoms with E-state index in [2.05, 4.69) is 20.4 Å². The Morgan fingerprint density at radius 2 is 1.89 bits per heavy atom. The number of amides is 1. The minimum atomic E-state index is -1.20. The van der Waals surface area contributed by atoms with Gasteiger partial charge in [-0.2, -0.15) is 5.10 Å². The largest absolute Gasteiger partial charge is 0.449 e. The molecule has 1 saturated carbocycles. The lowest BCUT2D eigenvalue weighted by Gasteiger charge is -2.21. The predicted molar refractivity (Wildman–Crippen MR) is 123 cm³/mol. The van der Waals surface area contributed by atoms with Crippen LogP contribution in [0.15, 0.2) is 47.7 Å². The standard InChI is InChI=1S/C24H25F2N5O5/c25-16-6-3-7-17(26)23(16)36-15-9-22(34)31(29-10-15)19(8-14-4-1-2-5-14)24(35)30-21-12-27-18(11-28-21)20(33)13-32/h3,6-7,9-12,14,19-20,32-33H,1-2,4-5,8,13H2,(H,28,30,35). The topological polar surface area (TPSA) is 139 Å². The number of anilines is 1. The van der Waals surface area contributed by atoms with Gasteiger partial charge in [0.25, 0.3) is 11.5 Å². The Bertz CT molecular complexity index is 1240. The second kappa shape index (κ2) is 11.3. The number of ether oxygens (including phenoxy) is 1. The van der Waals surface area contributed by atoms with E-state index in [0.717, 1.165) is 54.8 Å². The third-order valence-electron chi connectivity index (χ3n) is 6.01. The third kappa shape index (κ3) is 5.89. The number of aliphatic hydroxyl groups is 2. The smallest absolute Gasteiger partial charge is 0.271 e. The summed E-state index contributed by atoms with van der Waals surface area (Å²) in [6.45, 7) is -0.526. The molecule has 0 saturated heterocycles. The van der Waals surface area contributed by atoms with Crippen molar-refractivity contribution in [3.63, 3.8) is 0 Å². The number of nitrogens with zero attached hydrogens (tertiary/aromatic N) is 4. The molecule has 1 aliphatic carbocycles. The zero-order valence-corrected chi connectivity index (χ0v) is 19.2. The average molecular weight is 501 g/mol. The molecule has 0 radical (unpaired) electrons. The minimum Gasteiger partial charge on any atom is -0.449 e. The molecule has 10 nitrogen and oxygen atoms in total.